The van der Waals surface area contributed by atoms with E-state index in [4.69, 9.17) is 9.47 Å². The summed E-state index contributed by atoms with van der Waals surface area (Å²) in [7, 11) is 1.54. The summed E-state index contributed by atoms with van der Waals surface area (Å²) in [6.45, 7) is -0.703. The van der Waals surface area contributed by atoms with E-state index in [9.17, 15) is 19.2 Å². The van der Waals surface area contributed by atoms with Gasteiger partial charge in [-0.05, 0) is 67.7 Å². The van der Waals surface area contributed by atoms with Gasteiger partial charge < -0.3 is 14.8 Å². The molecule has 9 rings (SSSR count). The molecule has 0 radical (unpaired) electrons. The minimum atomic E-state index is -1.15. The Morgan fingerprint density at radius 3 is 2.20 bits per heavy atom. The highest BCUT2D eigenvalue weighted by Gasteiger charge is 2.27. The molecule has 0 aromatic heterocycles. The summed E-state index contributed by atoms with van der Waals surface area (Å²) >= 11 is 0. The van der Waals surface area contributed by atoms with Crippen molar-refractivity contribution in [2.45, 2.75) is 25.6 Å². The molecule has 56 heavy (non-hydrogen) atoms. The zero-order chi connectivity index (χ0) is 38.3. The highest BCUT2D eigenvalue weighted by atomic mass is 16.5. The Hall–Kier alpha value is -7.40. The van der Waals surface area contributed by atoms with Crippen LogP contribution in [0.3, 0.4) is 0 Å². The van der Waals surface area contributed by atoms with Crippen LogP contribution in [-0.4, -0.2) is 44.1 Å². The number of para-hydroxylation sites is 1. The topological polar surface area (TPSA) is 134 Å². The summed E-state index contributed by atoms with van der Waals surface area (Å²) in [6.07, 6.45) is 0.0940. The van der Waals surface area contributed by atoms with Crippen LogP contribution in [0.4, 0.5) is 0 Å². The summed E-state index contributed by atoms with van der Waals surface area (Å²) in [5.41, 5.74) is 1.41. The van der Waals surface area contributed by atoms with Gasteiger partial charge in [0.25, 0.3) is 5.56 Å². The quantitative estimate of drug-likeness (QED) is 0.0965. The lowest BCUT2D eigenvalue weighted by Crippen LogP contribution is -2.48. The summed E-state index contributed by atoms with van der Waals surface area (Å²) in [4.78, 5) is 64.3. The van der Waals surface area contributed by atoms with Gasteiger partial charge in [0, 0.05) is 18.2 Å². The molecule has 1 atom stereocenters. The van der Waals surface area contributed by atoms with Gasteiger partial charge in [-0.2, -0.15) is 4.98 Å². The Bertz CT molecular complexity index is 3020. The number of ether oxygens (including phenoxy) is 2. The van der Waals surface area contributed by atoms with Gasteiger partial charge in [-0.3, -0.25) is 14.2 Å². The molecule has 1 amide bonds. The molecule has 2 aliphatic heterocycles. The van der Waals surface area contributed by atoms with Gasteiger partial charge in [0.15, 0.2) is 11.5 Å². The molecule has 1 N–H and O–H groups in total. The first kappa shape index (κ1) is 34.4. The SMILES string of the molecule is COc1ccc2nc3c(=O)n(CC(=O)N[C@@H](Cc4ccc5ccc6cccc7ccc4c5c67)C(=O)OCc4ccccc4)c(=O)nc-3n(-c3ccccc3)c2c1. The Labute approximate surface area is 319 Å². The number of nitrogens with one attached hydrogen (secondary N) is 1. The van der Waals surface area contributed by atoms with Crippen LogP contribution in [-0.2, 0) is 33.9 Å². The average Bonchev–Trinajstić information content (AvgIpc) is 3.23. The molecule has 0 spiro atoms. The standard InChI is InChI=1S/C45H33N5O6/c1-55-33-20-22-35-37(24-33)50(32-13-6-3-7-14-32)42-41(47-35)43(52)49(45(54)48-42)25-38(51)46-36(44(53)56-26-27-9-4-2-5-10-27)23-31-18-17-30-16-15-28-11-8-12-29-19-21-34(31)40(30)39(28)29/h2-22,24,36H,23,25-26H2,1H3,(H,46,51)/t36-/m0/s1. The van der Waals surface area contributed by atoms with Crippen molar-refractivity contribution in [1.29, 1.82) is 0 Å². The van der Waals surface area contributed by atoms with E-state index in [1.807, 2.05) is 84.9 Å². The lowest BCUT2D eigenvalue weighted by molar-refractivity contribution is -0.149. The van der Waals surface area contributed by atoms with E-state index >= 15 is 0 Å². The summed E-state index contributed by atoms with van der Waals surface area (Å²) < 4.78 is 13.6. The molecule has 7 aromatic rings. The highest BCUT2D eigenvalue weighted by Crippen LogP contribution is 2.36. The van der Waals surface area contributed by atoms with Crippen molar-refractivity contribution < 1.29 is 19.1 Å². The first-order chi connectivity index (χ1) is 27.4. The molecule has 11 nitrogen and oxygen atoms in total. The maximum Gasteiger partial charge on any atom is 0.353 e. The van der Waals surface area contributed by atoms with E-state index in [2.05, 4.69) is 45.6 Å². The number of esters is 1. The molecule has 0 aliphatic carbocycles. The van der Waals surface area contributed by atoms with Crippen LogP contribution >= 0.6 is 0 Å². The van der Waals surface area contributed by atoms with E-state index in [0.717, 1.165) is 48.0 Å². The molecule has 2 aliphatic rings. The number of amides is 1. The van der Waals surface area contributed by atoms with E-state index in [1.54, 1.807) is 29.9 Å². The van der Waals surface area contributed by atoms with Crippen LogP contribution in [0.1, 0.15) is 11.1 Å². The molecule has 0 saturated heterocycles. The number of hydrogen-bond acceptors (Lipinski definition) is 8. The van der Waals surface area contributed by atoms with Crippen molar-refractivity contribution >= 4 is 55.2 Å². The number of carbonyl (C=O) groups is 2. The van der Waals surface area contributed by atoms with Gasteiger partial charge in [-0.25, -0.2) is 19.1 Å². The lowest BCUT2D eigenvalue weighted by atomic mass is 9.90. The molecule has 0 bridgehead atoms. The van der Waals surface area contributed by atoms with E-state index in [0.29, 0.717) is 22.5 Å². The molecule has 7 aromatic carbocycles. The van der Waals surface area contributed by atoms with Gasteiger partial charge in [0.2, 0.25) is 5.91 Å². The molecule has 0 unspecified atom stereocenters. The Kier molecular flexibility index (Phi) is 8.66. The van der Waals surface area contributed by atoms with Crippen molar-refractivity contribution in [1.82, 2.24) is 24.4 Å². The minimum absolute atomic E-state index is 0.00377. The average molecular weight is 740 g/mol. The Morgan fingerprint density at radius 2 is 1.45 bits per heavy atom. The minimum Gasteiger partial charge on any atom is -0.497 e. The van der Waals surface area contributed by atoms with Crippen molar-refractivity contribution in [3.05, 3.63) is 165 Å². The first-order valence-corrected chi connectivity index (χ1v) is 18.1. The number of methoxy groups -OCH3 is 1. The molecule has 274 valence electrons. The highest BCUT2D eigenvalue weighted by molar-refractivity contribution is 6.23. The first-order valence-electron chi connectivity index (χ1n) is 18.1. The van der Waals surface area contributed by atoms with Crippen molar-refractivity contribution in [2.75, 3.05) is 7.11 Å². The van der Waals surface area contributed by atoms with Gasteiger partial charge in [-0.15, -0.1) is 0 Å². The second-order valence-electron chi connectivity index (χ2n) is 13.6. The third-order valence-electron chi connectivity index (χ3n) is 10.2. The zero-order valence-corrected chi connectivity index (χ0v) is 30.1. The molecular weight excluding hydrogens is 707 g/mol. The zero-order valence-electron chi connectivity index (χ0n) is 30.1. The predicted octanol–water partition coefficient (Wildman–Crippen LogP) is 6.42. The normalized spacial score (nSPS) is 12.1. The van der Waals surface area contributed by atoms with E-state index in [1.165, 1.54) is 0 Å². The van der Waals surface area contributed by atoms with Crippen LogP contribution in [0.2, 0.25) is 0 Å². The monoisotopic (exact) mass is 739 g/mol. The second kappa shape index (κ2) is 14.1. The number of benzene rings is 7. The fourth-order valence-corrected chi connectivity index (χ4v) is 7.48. The molecule has 11 heteroatoms. The van der Waals surface area contributed by atoms with E-state index in [-0.39, 0.29) is 24.5 Å². The van der Waals surface area contributed by atoms with Gasteiger partial charge in [0.05, 0.1) is 18.1 Å². The largest absolute Gasteiger partial charge is 0.497 e. The third-order valence-corrected chi connectivity index (χ3v) is 10.2. The maximum atomic E-state index is 14.1. The Morgan fingerprint density at radius 1 is 0.750 bits per heavy atom. The molecule has 0 fully saturated rings. The number of rotatable bonds is 10. The molecule has 2 heterocycles. The third kappa shape index (κ3) is 6.14. The van der Waals surface area contributed by atoms with Crippen LogP contribution < -0.4 is 21.3 Å². The number of fused-ring (bicyclic) bond motifs is 2. The summed E-state index contributed by atoms with van der Waals surface area (Å²) in [6, 6.07) is 40.8. The van der Waals surface area contributed by atoms with Crippen LogP contribution in [0.25, 0.3) is 60.6 Å². The number of hydrogen-bond donors (Lipinski definition) is 1. The molecular formula is C45H33N5O6. The van der Waals surface area contributed by atoms with Crippen LogP contribution in [0.5, 0.6) is 5.75 Å². The van der Waals surface area contributed by atoms with Gasteiger partial charge in [-0.1, -0.05) is 103 Å². The number of nitrogens with zero attached hydrogens (tertiary/aromatic N) is 4. The van der Waals surface area contributed by atoms with Crippen molar-refractivity contribution in [3.8, 4) is 23.0 Å². The second-order valence-corrected chi connectivity index (χ2v) is 13.6. The van der Waals surface area contributed by atoms with Gasteiger partial charge in [0.1, 0.15) is 24.9 Å². The lowest BCUT2D eigenvalue weighted by Gasteiger charge is -2.21. The summed E-state index contributed by atoms with van der Waals surface area (Å²) in [5, 5.41) is 9.17. The fraction of sp³-hybridized carbons (Fsp3) is 0.111. The van der Waals surface area contributed by atoms with Crippen LogP contribution in [0, 0.1) is 0 Å². The maximum absolute atomic E-state index is 14.1. The number of carbonyl (C=O) groups excluding carboxylic acids is 2. The fourth-order valence-electron chi connectivity index (χ4n) is 7.48. The van der Waals surface area contributed by atoms with Crippen molar-refractivity contribution in [2.24, 2.45) is 0 Å². The van der Waals surface area contributed by atoms with Crippen molar-refractivity contribution in [3.63, 3.8) is 0 Å². The van der Waals surface area contributed by atoms with Gasteiger partial charge >= 0.3 is 11.7 Å². The summed E-state index contributed by atoms with van der Waals surface area (Å²) in [5.74, 6) is -0.826. The number of aromatic nitrogens is 4. The van der Waals surface area contributed by atoms with E-state index < -0.39 is 35.7 Å². The molecule has 0 saturated carbocycles. The smallest absolute Gasteiger partial charge is 0.353 e. The Balaban J connectivity index is 1.08. The predicted molar refractivity (Wildman–Crippen MR) is 215 cm³/mol. The van der Waals surface area contributed by atoms with Crippen LogP contribution in [0.15, 0.2) is 143 Å².